The highest BCUT2D eigenvalue weighted by molar-refractivity contribution is 9.10. The maximum atomic E-state index is 5.94. The summed E-state index contributed by atoms with van der Waals surface area (Å²) in [4.78, 5) is 4.38. The lowest BCUT2D eigenvalue weighted by Gasteiger charge is -2.34. The van der Waals surface area contributed by atoms with Gasteiger partial charge in [0.25, 0.3) is 0 Å². The van der Waals surface area contributed by atoms with E-state index < -0.39 is 0 Å². The van der Waals surface area contributed by atoms with Gasteiger partial charge >= 0.3 is 0 Å². The number of aromatic nitrogens is 1. The molecule has 0 aromatic carbocycles. The van der Waals surface area contributed by atoms with Gasteiger partial charge in [-0.05, 0) is 46.8 Å². The smallest absolute Gasteiger partial charge is 0.126 e. The Morgan fingerprint density at radius 2 is 2.21 bits per heavy atom. The number of anilines is 1. The molecule has 0 radical (unpaired) electrons. The molecule has 0 spiro atoms. The van der Waals surface area contributed by atoms with Crippen LogP contribution in [0.3, 0.4) is 0 Å². The van der Waals surface area contributed by atoms with E-state index in [2.05, 4.69) is 40.1 Å². The molecule has 1 aliphatic heterocycles. The third-order valence-electron chi connectivity index (χ3n) is 3.97. The standard InChI is InChI=1S/C15H23BrN2O/c1-3-11(4-2)14-9-13(7-8-19-14)18-15-6-5-12(16)10-17-15/h5-6,10-11,13-14H,3-4,7-9H2,1-2H3,(H,17,18). The Morgan fingerprint density at radius 1 is 1.42 bits per heavy atom. The molecule has 2 rings (SSSR count). The van der Waals surface area contributed by atoms with Gasteiger partial charge in [-0.2, -0.15) is 0 Å². The van der Waals surface area contributed by atoms with Gasteiger partial charge in [-0.3, -0.25) is 0 Å². The Hall–Kier alpha value is -0.610. The molecule has 0 bridgehead atoms. The summed E-state index contributed by atoms with van der Waals surface area (Å²) >= 11 is 3.41. The predicted octanol–water partition coefficient (Wildman–Crippen LogP) is 4.24. The fourth-order valence-corrected chi connectivity index (χ4v) is 3.01. The van der Waals surface area contributed by atoms with Gasteiger partial charge in [-0.15, -0.1) is 0 Å². The molecule has 1 fully saturated rings. The van der Waals surface area contributed by atoms with Crippen LogP contribution in [0.15, 0.2) is 22.8 Å². The number of nitrogens with one attached hydrogen (secondary N) is 1. The van der Waals surface area contributed by atoms with E-state index >= 15 is 0 Å². The van der Waals surface area contributed by atoms with E-state index in [1.165, 1.54) is 12.8 Å². The molecule has 0 amide bonds. The lowest BCUT2D eigenvalue weighted by Crippen LogP contribution is -2.38. The number of nitrogens with zero attached hydrogens (tertiary/aromatic N) is 1. The van der Waals surface area contributed by atoms with Crippen LogP contribution in [0, 0.1) is 5.92 Å². The first-order valence-electron chi connectivity index (χ1n) is 7.22. The van der Waals surface area contributed by atoms with Crippen LogP contribution in [0.5, 0.6) is 0 Å². The molecule has 1 aromatic rings. The van der Waals surface area contributed by atoms with Crippen molar-refractivity contribution in [3.8, 4) is 0 Å². The van der Waals surface area contributed by atoms with Gasteiger partial charge in [-0.1, -0.05) is 26.7 Å². The summed E-state index contributed by atoms with van der Waals surface area (Å²) in [6.07, 6.45) is 6.78. The van der Waals surface area contributed by atoms with E-state index in [1.54, 1.807) is 0 Å². The first-order valence-corrected chi connectivity index (χ1v) is 8.01. The molecule has 1 saturated heterocycles. The molecule has 0 aliphatic carbocycles. The first-order chi connectivity index (χ1) is 9.22. The van der Waals surface area contributed by atoms with Crippen LogP contribution < -0.4 is 5.32 Å². The van der Waals surface area contributed by atoms with Crippen molar-refractivity contribution in [2.75, 3.05) is 11.9 Å². The molecule has 0 saturated carbocycles. The van der Waals surface area contributed by atoms with E-state index in [0.29, 0.717) is 18.1 Å². The minimum Gasteiger partial charge on any atom is -0.378 e. The fraction of sp³-hybridized carbons (Fsp3) is 0.667. The maximum absolute atomic E-state index is 5.94. The second-order valence-corrected chi connectivity index (χ2v) is 6.13. The largest absolute Gasteiger partial charge is 0.378 e. The third-order valence-corrected chi connectivity index (χ3v) is 4.44. The predicted molar refractivity (Wildman–Crippen MR) is 82.4 cm³/mol. The average Bonchev–Trinajstić information content (AvgIpc) is 2.43. The zero-order chi connectivity index (χ0) is 13.7. The fourth-order valence-electron chi connectivity index (χ4n) is 2.77. The SMILES string of the molecule is CCC(CC)C1CC(Nc2ccc(Br)cn2)CCO1. The van der Waals surface area contributed by atoms with Crippen LogP contribution in [0.2, 0.25) is 0 Å². The Kier molecular flexibility index (Phi) is 5.64. The van der Waals surface area contributed by atoms with Gasteiger partial charge in [0, 0.05) is 23.3 Å². The summed E-state index contributed by atoms with van der Waals surface area (Å²) in [6, 6.07) is 4.52. The van der Waals surface area contributed by atoms with Crippen molar-refractivity contribution in [2.45, 2.75) is 51.7 Å². The van der Waals surface area contributed by atoms with E-state index in [1.807, 2.05) is 18.3 Å². The zero-order valence-electron chi connectivity index (χ0n) is 11.7. The molecule has 2 unspecified atom stereocenters. The van der Waals surface area contributed by atoms with Crippen LogP contribution in [-0.2, 0) is 4.74 Å². The minimum absolute atomic E-state index is 0.400. The number of pyridine rings is 1. The van der Waals surface area contributed by atoms with Crippen LogP contribution >= 0.6 is 15.9 Å². The Bertz CT molecular complexity index is 378. The molecule has 19 heavy (non-hydrogen) atoms. The zero-order valence-corrected chi connectivity index (χ0v) is 13.3. The van der Waals surface area contributed by atoms with Gasteiger partial charge in [0.2, 0.25) is 0 Å². The van der Waals surface area contributed by atoms with E-state index in [9.17, 15) is 0 Å². The molecule has 2 heterocycles. The van der Waals surface area contributed by atoms with Crippen molar-refractivity contribution in [2.24, 2.45) is 5.92 Å². The van der Waals surface area contributed by atoms with Gasteiger partial charge in [-0.25, -0.2) is 4.98 Å². The molecule has 106 valence electrons. The monoisotopic (exact) mass is 326 g/mol. The highest BCUT2D eigenvalue weighted by Gasteiger charge is 2.27. The molecular formula is C15H23BrN2O. The summed E-state index contributed by atoms with van der Waals surface area (Å²) < 4.78 is 6.95. The number of rotatable bonds is 5. The minimum atomic E-state index is 0.400. The van der Waals surface area contributed by atoms with Gasteiger partial charge in [0.05, 0.1) is 6.10 Å². The van der Waals surface area contributed by atoms with Crippen molar-refractivity contribution < 1.29 is 4.74 Å². The lowest BCUT2D eigenvalue weighted by atomic mass is 9.89. The van der Waals surface area contributed by atoms with Crippen molar-refractivity contribution in [3.05, 3.63) is 22.8 Å². The Balaban J connectivity index is 1.92. The van der Waals surface area contributed by atoms with E-state index in [-0.39, 0.29) is 0 Å². The highest BCUT2D eigenvalue weighted by Crippen LogP contribution is 2.26. The lowest BCUT2D eigenvalue weighted by molar-refractivity contribution is -0.0271. The van der Waals surface area contributed by atoms with Crippen molar-refractivity contribution in [3.63, 3.8) is 0 Å². The number of hydrogen-bond acceptors (Lipinski definition) is 3. The topological polar surface area (TPSA) is 34.2 Å². The van der Waals surface area contributed by atoms with Crippen molar-refractivity contribution in [1.29, 1.82) is 0 Å². The van der Waals surface area contributed by atoms with Crippen LogP contribution in [0.25, 0.3) is 0 Å². The number of ether oxygens (including phenoxy) is 1. The molecule has 1 aliphatic rings. The summed E-state index contributed by atoms with van der Waals surface area (Å²) in [7, 11) is 0. The van der Waals surface area contributed by atoms with Gasteiger partial charge in [0.1, 0.15) is 5.82 Å². The van der Waals surface area contributed by atoms with Crippen LogP contribution in [-0.4, -0.2) is 23.7 Å². The first kappa shape index (κ1) is 14.8. The van der Waals surface area contributed by atoms with Crippen LogP contribution in [0.1, 0.15) is 39.5 Å². The molecule has 4 heteroatoms. The normalized spacial score (nSPS) is 23.6. The summed E-state index contributed by atoms with van der Waals surface area (Å²) in [5.41, 5.74) is 0. The highest BCUT2D eigenvalue weighted by atomic mass is 79.9. The average molecular weight is 327 g/mol. The molecule has 1 aromatic heterocycles. The Morgan fingerprint density at radius 3 is 2.84 bits per heavy atom. The second kappa shape index (κ2) is 7.25. The third kappa shape index (κ3) is 4.18. The van der Waals surface area contributed by atoms with Crippen LogP contribution in [0.4, 0.5) is 5.82 Å². The number of hydrogen-bond donors (Lipinski definition) is 1. The summed E-state index contributed by atoms with van der Waals surface area (Å²) in [5, 5.41) is 3.53. The summed E-state index contributed by atoms with van der Waals surface area (Å²) in [6.45, 7) is 5.37. The summed E-state index contributed by atoms with van der Waals surface area (Å²) in [5.74, 6) is 1.64. The quantitative estimate of drug-likeness (QED) is 0.878. The second-order valence-electron chi connectivity index (χ2n) is 5.21. The van der Waals surface area contributed by atoms with Crippen molar-refractivity contribution >= 4 is 21.7 Å². The van der Waals surface area contributed by atoms with E-state index in [0.717, 1.165) is 29.7 Å². The van der Waals surface area contributed by atoms with Crippen molar-refractivity contribution in [1.82, 2.24) is 4.98 Å². The van der Waals surface area contributed by atoms with Gasteiger partial charge in [0.15, 0.2) is 0 Å². The number of halogens is 1. The maximum Gasteiger partial charge on any atom is 0.126 e. The molecule has 3 nitrogen and oxygen atoms in total. The molecular weight excluding hydrogens is 304 g/mol. The van der Waals surface area contributed by atoms with Gasteiger partial charge < -0.3 is 10.1 Å². The molecule has 2 atom stereocenters. The Labute approximate surface area is 124 Å². The molecule has 1 N–H and O–H groups in total. The van der Waals surface area contributed by atoms with E-state index in [4.69, 9.17) is 4.74 Å².